The van der Waals surface area contributed by atoms with Gasteiger partial charge < -0.3 is 25.6 Å². The summed E-state index contributed by atoms with van der Waals surface area (Å²) >= 11 is 0. The van der Waals surface area contributed by atoms with Gasteiger partial charge in [-0.2, -0.15) is 0 Å². The van der Waals surface area contributed by atoms with Crippen molar-refractivity contribution in [3.05, 3.63) is 75.8 Å². The smallest absolute Gasteiger partial charge is 0.310 e. The second-order valence-corrected chi connectivity index (χ2v) is 9.44. The van der Waals surface area contributed by atoms with Crippen LogP contribution in [0.5, 0.6) is 5.75 Å². The fourth-order valence-electron chi connectivity index (χ4n) is 4.89. The second-order valence-electron chi connectivity index (χ2n) is 9.44. The van der Waals surface area contributed by atoms with E-state index in [9.17, 15) is 19.7 Å². The summed E-state index contributed by atoms with van der Waals surface area (Å²) in [5.74, 6) is -0.166. The number of rotatable bonds is 8. The second kappa shape index (κ2) is 10.9. The van der Waals surface area contributed by atoms with E-state index in [-0.39, 0.29) is 29.7 Å². The van der Waals surface area contributed by atoms with Gasteiger partial charge in [-0.1, -0.05) is 12.1 Å². The third kappa shape index (κ3) is 5.45. The number of anilines is 3. The lowest BCUT2D eigenvalue weighted by atomic mass is 10.0. The fourth-order valence-corrected chi connectivity index (χ4v) is 4.89. The molecule has 10 nitrogen and oxygen atoms in total. The maximum atomic E-state index is 13.0. The van der Waals surface area contributed by atoms with E-state index < -0.39 is 4.92 Å². The molecular weight excluding hydrogens is 486 g/mol. The summed E-state index contributed by atoms with van der Waals surface area (Å²) < 4.78 is 5.20. The van der Waals surface area contributed by atoms with Crippen LogP contribution >= 0.6 is 0 Å². The van der Waals surface area contributed by atoms with Gasteiger partial charge in [-0.15, -0.1) is 0 Å². The Morgan fingerprint density at radius 3 is 2.53 bits per heavy atom. The topological polar surface area (TPSA) is 126 Å². The number of carbonyl (C=O) groups is 2. The van der Waals surface area contributed by atoms with Crippen LogP contribution < -0.4 is 20.7 Å². The minimum atomic E-state index is -0.491. The highest BCUT2D eigenvalue weighted by Gasteiger charge is 2.21. The summed E-state index contributed by atoms with van der Waals surface area (Å²) in [4.78, 5) is 38.6. The molecule has 0 bridgehead atoms. The minimum absolute atomic E-state index is 0.0523. The van der Waals surface area contributed by atoms with Gasteiger partial charge in [0, 0.05) is 19.2 Å². The number of carbonyl (C=O) groups excluding carboxylic acids is 2. The van der Waals surface area contributed by atoms with Gasteiger partial charge in [-0.05, 0) is 79.0 Å². The van der Waals surface area contributed by atoms with Crippen LogP contribution in [0.3, 0.4) is 0 Å². The third-order valence-corrected chi connectivity index (χ3v) is 6.89. The minimum Gasteiger partial charge on any atom is -0.490 e. The molecule has 0 spiro atoms. The Hall–Kier alpha value is -4.44. The molecule has 196 valence electrons. The van der Waals surface area contributed by atoms with E-state index in [2.05, 4.69) is 20.9 Å². The number of nitro groups is 1. The number of likely N-dealkylation sites (tertiary alicyclic amines) is 1. The summed E-state index contributed by atoms with van der Waals surface area (Å²) in [6, 6.07) is 15.5. The molecule has 0 atom stereocenters. The van der Waals surface area contributed by atoms with Crippen LogP contribution in [-0.4, -0.2) is 54.9 Å². The van der Waals surface area contributed by atoms with Gasteiger partial charge in [-0.3, -0.25) is 19.7 Å². The van der Waals surface area contributed by atoms with Crippen LogP contribution in [0.1, 0.15) is 28.8 Å². The molecule has 5 rings (SSSR count). The first-order valence-electron chi connectivity index (χ1n) is 12.6. The number of methoxy groups -OCH3 is 1. The molecule has 38 heavy (non-hydrogen) atoms. The van der Waals surface area contributed by atoms with Gasteiger partial charge in [0.2, 0.25) is 5.91 Å². The highest BCUT2D eigenvalue weighted by Crippen LogP contribution is 2.37. The number of amides is 2. The molecule has 3 aromatic rings. The van der Waals surface area contributed by atoms with Crippen molar-refractivity contribution < 1.29 is 19.2 Å². The number of hydrogen-bond acceptors (Lipinski definition) is 7. The zero-order valence-electron chi connectivity index (χ0n) is 21.1. The van der Waals surface area contributed by atoms with Crippen molar-refractivity contribution in [2.75, 3.05) is 43.9 Å². The average molecular weight is 516 g/mol. The Balaban J connectivity index is 1.31. The molecule has 2 amide bonds. The Kier molecular flexibility index (Phi) is 7.23. The maximum absolute atomic E-state index is 13.0. The molecule has 0 aliphatic carbocycles. The fraction of sp³-hybridized carbons (Fsp3) is 0.286. The normalized spacial score (nSPS) is 14.5. The van der Waals surface area contributed by atoms with E-state index >= 15 is 0 Å². The van der Waals surface area contributed by atoms with Crippen LogP contribution in [-0.2, 0) is 11.2 Å². The number of fused-ring (bicyclic) bond motifs is 2. The van der Waals surface area contributed by atoms with Crippen molar-refractivity contribution in [3.8, 4) is 16.9 Å². The number of nitrogens with zero attached hydrogens (tertiary/aromatic N) is 2. The SMILES string of the molecule is COc1cc(-c2ccc3c(c2)Nc2ccc(CC(=O)NCCN4CCCC4)cc2NC3=O)ccc1[N+](=O)[O-]. The third-order valence-electron chi connectivity index (χ3n) is 6.89. The van der Waals surface area contributed by atoms with E-state index in [4.69, 9.17) is 4.74 Å². The Morgan fingerprint density at radius 1 is 1.00 bits per heavy atom. The molecule has 0 radical (unpaired) electrons. The Labute approximate surface area is 220 Å². The Morgan fingerprint density at radius 2 is 1.76 bits per heavy atom. The molecule has 3 aromatic carbocycles. The first-order valence-corrected chi connectivity index (χ1v) is 12.6. The highest BCUT2D eigenvalue weighted by molar-refractivity contribution is 6.12. The summed E-state index contributed by atoms with van der Waals surface area (Å²) in [5.41, 5.74) is 4.52. The lowest BCUT2D eigenvalue weighted by Gasteiger charge is -2.15. The zero-order valence-corrected chi connectivity index (χ0v) is 21.1. The average Bonchev–Trinajstić information content (AvgIpc) is 3.38. The molecule has 3 N–H and O–H groups in total. The van der Waals surface area contributed by atoms with E-state index in [0.29, 0.717) is 34.7 Å². The van der Waals surface area contributed by atoms with Crippen LogP contribution in [0.2, 0.25) is 0 Å². The summed E-state index contributed by atoms with van der Waals surface area (Å²) in [7, 11) is 1.39. The predicted molar refractivity (Wildman–Crippen MR) is 145 cm³/mol. The molecule has 0 saturated carbocycles. The van der Waals surface area contributed by atoms with Gasteiger partial charge in [0.15, 0.2) is 5.75 Å². The van der Waals surface area contributed by atoms with Gasteiger partial charge in [0.05, 0.1) is 41.1 Å². The molecule has 10 heteroatoms. The first-order chi connectivity index (χ1) is 18.4. The zero-order chi connectivity index (χ0) is 26.6. The van der Waals surface area contributed by atoms with Gasteiger partial charge in [0.1, 0.15) is 0 Å². The highest BCUT2D eigenvalue weighted by atomic mass is 16.6. The van der Waals surface area contributed by atoms with Crippen LogP contribution in [0.15, 0.2) is 54.6 Å². The monoisotopic (exact) mass is 515 g/mol. The van der Waals surface area contributed by atoms with Gasteiger partial charge in [0.25, 0.3) is 5.91 Å². The number of hydrogen-bond donors (Lipinski definition) is 3. The molecular formula is C28H29N5O5. The van der Waals surface area contributed by atoms with Crippen LogP contribution in [0, 0.1) is 10.1 Å². The maximum Gasteiger partial charge on any atom is 0.310 e. The molecule has 1 saturated heterocycles. The Bertz CT molecular complexity index is 1400. The number of ether oxygens (including phenoxy) is 1. The van der Waals surface area contributed by atoms with Crippen LogP contribution in [0.4, 0.5) is 22.7 Å². The van der Waals surface area contributed by atoms with Crippen molar-refractivity contribution in [1.29, 1.82) is 0 Å². The predicted octanol–water partition coefficient (Wildman–Crippen LogP) is 4.33. The summed E-state index contributed by atoms with van der Waals surface area (Å²) in [6.07, 6.45) is 2.67. The van der Waals surface area contributed by atoms with Crippen LogP contribution in [0.25, 0.3) is 11.1 Å². The van der Waals surface area contributed by atoms with Crippen molar-refractivity contribution in [2.45, 2.75) is 19.3 Å². The van der Waals surface area contributed by atoms with E-state index in [1.54, 1.807) is 24.3 Å². The molecule has 2 aliphatic heterocycles. The van der Waals surface area contributed by atoms with Crippen molar-refractivity contribution in [1.82, 2.24) is 10.2 Å². The van der Waals surface area contributed by atoms with Gasteiger partial charge >= 0.3 is 5.69 Å². The van der Waals surface area contributed by atoms with Crippen molar-refractivity contribution in [2.24, 2.45) is 0 Å². The van der Waals surface area contributed by atoms with Gasteiger partial charge in [-0.25, -0.2) is 0 Å². The standard InChI is InChI=1S/C28H29N5O5/c1-38-26-17-20(6-9-25(26)33(36)37)19-5-7-21-23(16-19)30-22-8-4-18(14-24(22)31-28(21)35)15-27(34)29-10-13-32-11-2-3-12-32/h4-9,14,16-17,30H,2-3,10-13,15H2,1H3,(H,29,34)(H,31,35). The first kappa shape index (κ1) is 25.2. The van der Waals surface area contributed by atoms with E-state index in [1.807, 2.05) is 24.3 Å². The number of nitrogens with one attached hydrogen (secondary N) is 3. The lowest BCUT2D eigenvalue weighted by molar-refractivity contribution is -0.385. The summed E-state index contributed by atoms with van der Waals surface area (Å²) in [5, 5.41) is 20.5. The molecule has 0 aromatic heterocycles. The van der Waals surface area contributed by atoms with Crippen molar-refractivity contribution in [3.63, 3.8) is 0 Å². The number of benzene rings is 3. The largest absolute Gasteiger partial charge is 0.490 e. The molecule has 1 fully saturated rings. The lowest BCUT2D eigenvalue weighted by Crippen LogP contribution is -2.34. The van der Waals surface area contributed by atoms with Crippen molar-refractivity contribution >= 4 is 34.6 Å². The molecule has 2 heterocycles. The quantitative estimate of drug-likeness (QED) is 0.301. The van der Waals surface area contributed by atoms with E-state index in [1.165, 1.54) is 26.0 Å². The number of nitro benzene ring substituents is 1. The molecule has 2 aliphatic rings. The summed E-state index contributed by atoms with van der Waals surface area (Å²) in [6.45, 7) is 3.68. The van der Waals surface area contributed by atoms with E-state index in [0.717, 1.165) is 30.8 Å². The molecule has 0 unspecified atom stereocenters.